The molecule has 1 saturated heterocycles. The van der Waals surface area contributed by atoms with Crippen molar-refractivity contribution in [1.29, 1.82) is 0 Å². The van der Waals surface area contributed by atoms with E-state index >= 15 is 0 Å². The highest BCUT2D eigenvalue weighted by Gasteiger charge is 2.29. The zero-order chi connectivity index (χ0) is 14.7. The van der Waals surface area contributed by atoms with Gasteiger partial charge in [-0.05, 0) is 32.1 Å². The van der Waals surface area contributed by atoms with E-state index in [9.17, 15) is 4.79 Å². The van der Waals surface area contributed by atoms with E-state index in [1.54, 1.807) is 6.33 Å². The van der Waals surface area contributed by atoms with Crippen molar-refractivity contribution >= 4 is 11.7 Å². The maximum Gasteiger partial charge on any atom is 0.224 e. The number of carbonyl (C=O) groups excluding carboxylic acids is 1. The Morgan fingerprint density at radius 3 is 3.14 bits per heavy atom. The number of rotatable bonds is 4. The number of aryl methyl sites for hydroxylation is 1. The number of carbonyl (C=O) groups is 1. The summed E-state index contributed by atoms with van der Waals surface area (Å²) in [6, 6.07) is 0. The highest BCUT2D eigenvalue weighted by atomic mass is 16.1. The van der Waals surface area contributed by atoms with Crippen LogP contribution < -0.4 is 16.0 Å². The summed E-state index contributed by atoms with van der Waals surface area (Å²) < 4.78 is 0. The Balaban J connectivity index is 1.72. The molecule has 1 aliphatic carbocycles. The van der Waals surface area contributed by atoms with Gasteiger partial charge in [0.15, 0.2) is 0 Å². The lowest BCUT2D eigenvalue weighted by molar-refractivity contribution is -0.125. The van der Waals surface area contributed by atoms with Gasteiger partial charge in [0.2, 0.25) is 5.91 Å². The highest BCUT2D eigenvalue weighted by Crippen LogP contribution is 2.30. The maximum atomic E-state index is 12.1. The molecule has 114 valence electrons. The number of aromatic nitrogens is 2. The van der Waals surface area contributed by atoms with Crippen molar-refractivity contribution in [3.8, 4) is 0 Å². The summed E-state index contributed by atoms with van der Waals surface area (Å²) >= 11 is 0. The fourth-order valence-corrected chi connectivity index (χ4v) is 3.34. The summed E-state index contributed by atoms with van der Waals surface area (Å²) in [5, 5.41) is 2.90. The third kappa shape index (κ3) is 3.00. The van der Waals surface area contributed by atoms with Crippen molar-refractivity contribution < 1.29 is 4.79 Å². The van der Waals surface area contributed by atoms with Crippen LogP contribution in [-0.4, -0.2) is 42.1 Å². The molecular weight excluding hydrogens is 266 g/mol. The van der Waals surface area contributed by atoms with Gasteiger partial charge in [-0.1, -0.05) is 0 Å². The molecule has 3 rings (SSSR count). The molecule has 3 N–H and O–H groups in total. The Morgan fingerprint density at radius 1 is 1.38 bits per heavy atom. The number of amides is 1. The van der Waals surface area contributed by atoms with E-state index in [1.807, 2.05) is 0 Å². The van der Waals surface area contributed by atoms with E-state index in [4.69, 9.17) is 5.73 Å². The van der Waals surface area contributed by atoms with Crippen LogP contribution in [0.15, 0.2) is 6.33 Å². The molecule has 1 aromatic heterocycles. The van der Waals surface area contributed by atoms with Crippen molar-refractivity contribution in [3.63, 3.8) is 0 Å². The third-order valence-electron chi connectivity index (χ3n) is 4.39. The van der Waals surface area contributed by atoms with Crippen LogP contribution in [0.25, 0.3) is 0 Å². The van der Waals surface area contributed by atoms with Crippen molar-refractivity contribution in [3.05, 3.63) is 17.6 Å². The number of piperidine rings is 1. The summed E-state index contributed by atoms with van der Waals surface area (Å²) in [5.41, 5.74) is 7.93. The summed E-state index contributed by atoms with van der Waals surface area (Å²) in [4.78, 5) is 23.3. The molecule has 1 fully saturated rings. The predicted molar refractivity (Wildman–Crippen MR) is 81.1 cm³/mol. The van der Waals surface area contributed by atoms with Crippen molar-refractivity contribution in [2.75, 3.05) is 31.1 Å². The lowest BCUT2D eigenvalue weighted by Gasteiger charge is -2.33. The zero-order valence-corrected chi connectivity index (χ0v) is 12.3. The van der Waals surface area contributed by atoms with Crippen LogP contribution in [-0.2, 0) is 17.6 Å². The van der Waals surface area contributed by atoms with Crippen LogP contribution in [0, 0.1) is 5.92 Å². The lowest BCUT2D eigenvalue weighted by atomic mass is 9.96. The molecule has 0 radical (unpaired) electrons. The van der Waals surface area contributed by atoms with Gasteiger partial charge in [-0.2, -0.15) is 0 Å². The second kappa shape index (κ2) is 6.39. The average Bonchev–Trinajstić information content (AvgIpc) is 3.01. The molecule has 21 heavy (non-hydrogen) atoms. The van der Waals surface area contributed by atoms with Crippen LogP contribution >= 0.6 is 0 Å². The summed E-state index contributed by atoms with van der Waals surface area (Å²) in [6.07, 6.45) is 6.91. The second-order valence-electron chi connectivity index (χ2n) is 5.84. The zero-order valence-electron chi connectivity index (χ0n) is 12.3. The van der Waals surface area contributed by atoms with Crippen molar-refractivity contribution in [2.24, 2.45) is 11.7 Å². The molecule has 1 aromatic rings. The number of fused-ring (bicyclic) bond motifs is 1. The van der Waals surface area contributed by atoms with Crippen LogP contribution in [0.4, 0.5) is 5.82 Å². The van der Waals surface area contributed by atoms with E-state index in [0.29, 0.717) is 13.1 Å². The molecule has 1 amide bonds. The van der Waals surface area contributed by atoms with Gasteiger partial charge in [-0.3, -0.25) is 4.79 Å². The van der Waals surface area contributed by atoms with Crippen molar-refractivity contribution in [1.82, 2.24) is 15.3 Å². The summed E-state index contributed by atoms with van der Waals surface area (Å²) in [5.74, 6) is 1.21. The quantitative estimate of drug-likeness (QED) is 0.830. The fourth-order valence-electron chi connectivity index (χ4n) is 3.34. The topological polar surface area (TPSA) is 84.1 Å². The molecule has 1 atom stereocenters. The minimum Gasteiger partial charge on any atom is -0.355 e. The van der Waals surface area contributed by atoms with Gasteiger partial charge in [0, 0.05) is 37.4 Å². The predicted octanol–water partition coefficient (Wildman–Crippen LogP) is 0.257. The Kier molecular flexibility index (Phi) is 4.34. The number of hydrogen-bond donors (Lipinski definition) is 2. The Labute approximate surface area is 125 Å². The molecule has 0 saturated carbocycles. The molecule has 0 spiro atoms. The number of nitrogens with zero attached hydrogens (tertiary/aromatic N) is 3. The normalized spacial score (nSPS) is 21.2. The largest absolute Gasteiger partial charge is 0.355 e. The standard InChI is InChI=1S/C15H23N5O/c16-6-7-17-15(21)11-3-2-8-20(9-11)14-12-4-1-5-13(12)18-10-19-14/h10-11H,1-9,16H2,(H,17,21). The molecule has 2 aliphatic rings. The third-order valence-corrected chi connectivity index (χ3v) is 4.39. The lowest BCUT2D eigenvalue weighted by Crippen LogP contribution is -2.44. The maximum absolute atomic E-state index is 12.1. The molecule has 0 aromatic carbocycles. The van der Waals surface area contributed by atoms with Gasteiger partial charge in [-0.15, -0.1) is 0 Å². The highest BCUT2D eigenvalue weighted by molar-refractivity contribution is 5.79. The van der Waals surface area contributed by atoms with Gasteiger partial charge in [0.05, 0.1) is 5.92 Å². The fraction of sp³-hybridized carbons (Fsp3) is 0.667. The van der Waals surface area contributed by atoms with Crippen LogP contribution in [0.3, 0.4) is 0 Å². The van der Waals surface area contributed by atoms with Crippen LogP contribution in [0.5, 0.6) is 0 Å². The van der Waals surface area contributed by atoms with E-state index in [2.05, 4.69) is 20.2 Å². The molecule has 6 heteroatoms. The van der Waals surface area contributed by atoms with Crippen LogP contribution in [0.1, 0.15) is 30.5 Å². The summed E-state index contributed by atoms with van der Waals surface area (Å²) in [6.45, 7) is 2.77. The average molecular weight is 289 g/mol. The second-order valence-corrected chi connectivity index (χ2v) is 5.84. The van der Waals surface area contributed by atoms with Gasteiger partial charge in [0.1, 0.15) is 12.1 Å². The van der Waals surface area contributed by atoms with Gasteiger partial charge >= 0.3 is 0 Å². The molecular formula is C15H23N5O. The van der Waals surface area contributed by atoms with Gasteiger partial charge in [-0.25, -0.2) is 9.97 Å². The molecule has 0 bridgehead atoms. The first-order valence-electron chi connectivity index (χ1n) is 7.85. The van der Waals surface area contributed by atoms with Crippen molar-refractivity contribution in [2.45, 2.75) is 32.1 Å². The molecule has 1 aliphatic heterocycles. The number of nitrogens with one attached hydrogen (secondary N) is 1. The van der Waals surface area contributed by atoms with E-state index in [1.165, 1.54) is 11.3 Å². The van der Waals surface area contributed by atoms with Gasteiger partial charge < -0.3 is 16.0 Å². The Bertz CT molecular complexity index is 519. The number of hydrogen-bond acceptors (Lipinski definition) is 5. The molecule has 6 nitrogen and oxygen atoms in total. The molecule has 2 heterocycles. The number of anilines is 1. The van der Waals surface area contributed by atoms with E-state index < -0.39 is 0 Å². The Hall–Kier alpha value is -1.69. The Morgan fingerprint density at radius 2 is 2.29 bits per heavy atom. The minimum absolute atomic E-state index is 0.0392. The monoisotopic (exact) mass is 289 g/mol. The summed E-state index contributed by atoms with van der Waals surface area (Å²) in [7, 11) is 0. The minimum atomic E-state index is 0.0392. The van der Waals surface area contributed by atoms with E-state index in [-0.39, 0.29) is 11.8 Å². The van der Waals surface area contributed by atoms with E-state index in [0.717, 1.165) is 51.0 Å². The molecule has 1 unspecified atom stereocenters. The number of nitrogens with two attached hydrogens (primary N) is 1. The first kappa shape index (κ1) is 14.3. The SMILES string of the molecule is NCCNC(=O)C1CCCN(c2ncnc3c2CCC3)C1. The van der Waals surface area contributed by atoms with Crippen LogP contribution in [0.2, 0.25) is 0 Å². The first-order valence-corrected chi connectivity index (χ1v) is 7.85. The van der Waals surface area contributed by atoms with Gasteiger partial charge in [0.25, 0.3) is 0 Å². The smallest absolute Gasteiger partial charge is 0.224 e. The first-order chi connectivity index (χ1) is 10.3.